The first-order valence-electron chi connectivity index (χ1n) is 4.70. The van der Waals surface area contributed by atoms with Crippen LogP contribution < -0.4 is 5.32 Å². The molecule has 0 aromatic carbocycles. The summed E-state index contributed by atoms with van der Waals surface area (Å²) in [5, 5.41) is 6.82. The minimum absolute atomic E-state index is 0.540. The molecule has 0 saturated carbocycles. The van der Waals surface area contributed by atoms with Gasteiger partial charge in [-0.25, -0.2) is 0 Å². The van der Waals surface area contributed by atoms with Crippen LogP contribution in [0.25, 0.3) is 11.5 Å². The Bertz CT molecular complexity index is 452. The van der Waals surface area contributed by atoms with Crippen LogP contribution in [0, 0.1) is 6.92 Å². The molecule has 2 aromatic rings. The molecule has 0 spiro atoms. The van der Waals surface area contributed by atoms with Gasteiger partial charge >= 0.3 is 0 Å². The summed E-state index contributed by atoms with van der Waals surface area (Å²) in [7, 11) is 1.83. The average Bonchev–Trinajstić information content (AvgIpc) is 2.68. The molecule has 2 rings (SSSR count). The molecular weight excluding hydrogens is 192 g/mol. The molecule has 0 aliphatic carbocycles. The predicted molar refractivity (Wildman–Crippen MR) is 55.0 cm³/mol. The number of pyridine rings is 1. The lowest BCUT2D eigenvalue weighted by Crippen LogP contribution is -2.05. The van der Waals surface area contributed by atoms with Gasteiger partial charge in [-0.2, -0.15) is 4.98 Å². The van der Waals surface area contributed by atoms with Crippen molar-refractivity contribution in [3.63, 3.8) is 0 Å². The molecule has 2 heterocycles. The molecule has 0 aliphatic rings. The molecule has 5 nitrogen and oxygen atoms in total. The van der Waals surface area contributed by atoms with Gasteiger partial charge in [-0.1, -0.05) is 11.2 Å². The minimum atomic E-state index is 0.540. The van der Waals surface area contributed by atoms with Crippen molar-refractivity contribution in [3.05, 3.63) is 29.8 Å². The van der Waals surface area contributed by atoms with Gasteiger partial charge in [0.25, 0.3) is 0 Å². The van der Waals surface area contributed by atoms with Crippen LogP contribution in [-0.4, -0.2) is 22.2 Å². The van der Waals surface area contributed by atoms with E-state index in [1.54, 1.807) is 6.20 Å². The number of hydrogen-bond acceptors (Lipinski definition) is 5. The highest BCUT2D eigenvalue weighted by Gasteiger charge is 2.10. The van der Waals surface area contributed by atoms with Gasteiger partial charge in [0, 0.05) is 6.20 Å². The van der Waals surface area contributed by atoms with E-state index in [0.29, 0.717) is 18.3 Å². The summed E-state index contributed by atoms with van der Waals surface area (Å²) in [6.07, 6.45) is 1.72. The largest absolute Gasteiger partial charge is 0.337 e. The molecule has 0 unspecified atom stereocenters. The highest BCUT2D eigenvalue weighted by molar-refractivity contribution is 5.52. The first-order chi connectivity index (χ1) is 7.31. The van der Waals surface area contributed by atoms with Gasteiger partial charge in [-0.15, -0.1) is 0 Å². The van der Waals surface area contributed by atoms with Crippen molar-refractivity contribution in [2.45, 2.75) is 13.5 Å². The Morgan fingerprint density at radius 1 is 1.47 bits per heavy atom. The molecule has 0 aliphatic heterocycles. The second-order valence-electron chi connectivity index (χ2n) is 3.21. The Hall–Kier alpha value is -1.75. The summed E-state index contributed by atoms with van der Waals surface area (Å²) in [5.41, 5.74) is 1.80. The Morgan fingerprint density at radius 2 is 2.33 bits per heavy atom. The monoisotopic (exact) mass is 204 g/mol. The lowest BCUT2D eigenvalue weighted by atomic mass is 10.2. The first-order valence-corrected chi connectivity index (χ1v) is 4.70. The molecule has 1 N–H and O–H groups in total. The van der Waals surface area contributed by atoms with Crippen LogP contribution >= 0.6 is 0 Å². The standard InChI is InChI=1S/C10H12N4O/c1-7-4-3-5-12-9(7)10-13-8(6-11-2)15-14-10/h3-5,11H,6H2,1-2H3. The average molecular weight is 204 g/mol. The molecule has 0 saturated heterocycles. The zero-order chi connectivity index (χ0) is 10.7. The van der Waals surface area contributed by atoms with E-state index in [2.05, 4.69) is 20.4 Å². The van der Waals surface area contributed by atoms with E-state index in [9.17, 15) is 0 Å². The van der Waals surface area contributed by atoms with E-state index < -0.39 is 0 Å². The van der Waals surface area contributed by atoms with E-state index in [-0.39, 0.29) is 0 Å². The maximum atomic E-state index is 5.05. The normalized spacial score (nSPS) is 10.5. The fourth-order valence-electron chi connectivity index (χ4n) is 1.29. The van der Waals surface area contributed by atoms with E-state index in [4.69, 9.17) is 4.52 Å². The summed E-state index contributed by atoms with van der Waals surface area (Å²) in [4.78, 5) is 8.44. The maximum Gasteiger partial charge on any atom is 0.240 e. The topological polar surface area (TPSA) is 63.8 Å². The lowest BCUT2D eigenvalue weighted by molar-refractivity contribution is 0.372. The third kappa shape index (κ3) is 2.02. The van der Waals surface area contributed by atoms with Gasteiger partial charge < -0.3 is 9.84 Å². The molecule has 5 heteroatoms. The smallest absolute Gasteiger partial charge is 0.240 e. The minimum Gasteiger partial charge on any atom is -0.337 e. The zero-order valence-corrected chi connectivity index (χ0v) is 8.69. The summed E-state index contributed by atoms with van der Waals surface area (Å²) in [6.45, 7) is 2.54. The van der Waals surface area contributed by atoms with Crippen LogP contribution in [0.5, 0.6) is 0 Å². The maximum absolute atomic E-state index is 5.05. The molecule has 0 radical (unpaired) electrons. The number of aryl methyl sites for hydroxylation is 1. The van der Waals surface area contributed by atoms with E-state index in [1.807, 2.05) is 26.1 Å². The number of rotatable bonds is 3. The van der Waals surface area contributed by atoms with Gasteiger partial charge in [-0.3, -0.25) is 4.98 Å². The van der Waals surface area contributed by atoms with Gasteiger partial charge in [0.1, 0.15) is 5.69 Å². The Kier molecular flexibility index (Phi) is 2.73. The third-order valence-corrected chi connectivity index (χ3v) is 2.02. The van der Waals surface area contributed by atoms with Crippen molar-refractivity contribution in [1.29, 1.82) is 0 Å². The van der Waals surface area contributed by atoms with Gasteiger partial charge in [0.2, 0.25) is 11.7 Å². The van der Waals surface area contributed by atoms with Crippen LogP contribution in [0.1, 0.15) is 11.5 Å². The van der Waals surface area contributed by atoms with Crippen LogP contribution in [0.4, 0.5) is 0 Å². The predicted octanol–water partition coefficient (Wildman–Crippen LogP) is 1.16. The quantitative estimate of drug-likeness (QED) is 0.812. The summed E-state index contributed by atoms with van der Waals surface area (Å²) in [5.74, 6) is 1.11. The van der Waals surface area contributed by atoms with Gasteiger partial charge in [0.15, 0.2) is 0 Å². The van der Waals surface area contributed by atoms with Crippen molar-refractivity contribution < 1.29 is 4.52 Å². The lowest BCUT2D eigenvalue weighted by Gasteiger charge is -1.96. The number of aromatic nitrogens is 3. The van der Waals surface area contributed by atoms with E-state index in [0.717, 1.165) is 11.3 Å². The molecule has 0 amide bonds. The number of hydrogen-bond donors (Lipinski definition) is 1. The first kappa shape index (κ1) is 9.79. The molecule has 15 heavy (non-hydrogen) atoms. The Balaban J connectivity index is 2.33. The number of nitrogens with one attached hydrogen (secondary N) is 1. The van der Waals surface area contributed by atoms with Crippen molar-refractivity contribution in [1.82, 2.24) is 20.4 Å². The van der Waals surface area contributed by atoms with Crippen LogP contribution in [0.3, 0.4) is 0 Å². The Labute approximate surface area is 87.5 Å². The second-order valence-corrected chi connectivity index (χ2v) is 3.21. The van der Waals surface area contributed by atoms with Crippen LogP contribution in [-0.2, 0) is 6.54 Å². The van der Waals surface area contributed by atoms with Crippen molar-refractivity contribution in [2.75, 3.05) is 7.05 Å². The summed E-state index contributed by atoms with van der Waals surface area (Å²) < 4.78 is 5.05. The summed E-state index contributed by atoms with van der Waals surface area (Å²) >= 11 is 0. The Morgan fingerprint density at radius 3 is 3.07 bits per heavy atom. The molecule has 0 bridgehead atoms. The number of nitrogens with zero attached hydrogens (tertiary/aromatic N) is 3. The van der Waals surface area contributed by atoms with E-state index in [1.165, 1.54) is 0 Å². The fraction of sp³-hybridized carbons (Fsp3) is 0.300. The molecule has 78 valence electrons. The third-order valence-electron chi connectivity index (χ3n) is 2.02. The van der Waals surface area contributed by atoms with Crippen LogP contribution in [0.2, 0.25) is 0 Å². The van der Waals surface area contributed by atoms with Crippen molar-refractivity contribution >= 4 is 0 Å². The van der Waals surface area contributed by atoms with E-state index >= 15 is 0 Å². The highest BCUT2D eigenvalue weighted by atomic mass is 16.5. The second kappa shape index (κ2) is 4.18. The van der Waals surface area contributed by atoms with Gasteiger partial charge in [0.05, 0.1) is 6.54 Å². The molecule has 2 aromatic heterocycles. The fourth-order valence-corrected chi connectivity index (χ4v) is 1.29. The van der Waals surface area contributed by atoms with Crippen molar-refractivity contribution in [3.8, 4) is 11.5 Å². The molecule has 0 atom stereocenters. The highest BCUT2D eigenvalue weighted by Crippen LogP contribution is 2.16. The molecule has 0 fully saturated rings. The van der Waals surface area contributed by atoms with Crippen molar-refractivity contribution in [2.24, 2.45) is 0 Å². The van der Waals surface area contributed by atoms with Crippen LogP contribution in [0.15, 0.2) is 22.9 Å². The van der Waals surface area contributed by atoms with Gasteiger partial charge in [-0.05, 0) is 25.6 Å². The summed E-state index contributed by atoms with van der Waals surface area (Å²) in [6, 6.07) is 3.85. The molecular formula is C10H12N4O. The SMILES string of the molecule is CNCc1nc(-c2ncccc2C)no1. The zero-order valence-electron chi connectivity index (χ0n) is 8.69.